The molecule has 0 aliphatic heterocycles. The van der Waals surface area contributed by atoms with Crippen molar-refractivity contribution < 1.29 is 0 Å². The van der Waals surface area contributed by atoms with Crippen molar-refractivity contribution in [1.82, 2.24) is 0 Å². The van der Waals surface area contributed by atoms with Crippen LogP contribution in [0, 0.1) is 22.7 Å². The van der Waals surface area contributed by atoms with E-state index in [4.69, 9.17) is 11.6 Å². The quantitative estimate of drug-likeness (QED) is 0.717. The standard InChI is InChI=1S/C15H17BrClN/c1-11-4-6-15(10-18,7-5-11)9-12-2-3-13(16)8-14(12)17/h2-3,8,11H,4-7,9H2,1H3. The fraction of sp³-hybridized carbons (Fsp3) is 0.533. The molecule has 0 radical (unpaired) electrons. The predicted octanol–water partition coefficient (Wildman–Crippen LogP) is 5.37. The van der Waals surface area contributed by atoms with Gasteiger partial charge in [0, 0.05) is 9.50 Å². The van der Waals surface area contributed by atoms with Gasteiger partial charge in [0.05, 0.1) is 11.5 Å². The third-order valence-corrected chi connectivity index (χ3v) is 4.86. The molecule has 0 spiro atoms. The summed E-state index contributed by atoms with van der Waals surface area (Å²) in [6, 6.07) is 8.50. The van der Waals surface area contributed by atoms with Gasteiger partial charge in [-0.2, -0.15) is 5.26 Å². The Morgan fingerprint density at radius 2 is 2.11 bits per heavy atom. The van der Waals surface area contributed by atoms with E-state index in [-0.39, 0.29) is 5.41 Å². The first-order valence-corrected chi connectivity index (χ1v) is 7.57. The summed E-state index contributed by atoms with van der Waals surface area (Å²) < 4.78 is 0.986. The summed E-state index contributed by atoms with van der Waals surface area (Å²) in [7, 11) is 0. The van der Waals surface area contributed by atoms with Gasteiger partial charge in [0.2, 0.25) is 0 Å². The maximum Gasteiger partial charge on any atom is 0.0693 e. The van der Waals surface area contributed by atoms with E-state index in [0.717, 1.165) is 53.1 Å². The van der Waals surface area contributed by atoms with Crippen LogP contribution < -0.4 is 0 Å². The lowest BCUT2D eigenvalue weighted by molar-refractivity contribution is 0.219. The first kappa shape index (κ1) is 13.9. The van der Waals surface area contributed by atoms with Gasteiger partial charge in [-0.25, -0.2) is 0 Å². The minimum Gasteiger partial charge on any atom is -0.198 e. The first-order chi connectivity index (χ1) is 8.54. The molecule has 0 aromatic heterocycles. The fourth-order valence-electron chi connectivity index (χ4n) is 2.67. The molecule has 0 heterocycles. The minimum atomic E-state index is -0.204. The zero-order chi connectivity index (χ0) is 13.2. The van der Waals surface area contributed by atoms with Crippen LogP contribution in [0.25, 0.3) is 0 Å². The smallest absolute Gasteiger partial charge is 0.0693 e. The molecule has 96 valence electrons. The average Bonchev–Trinajstić information content (AvgIpc) is 2.36. The Morgan fingerprint density at radius 3 is 2.67 bits per heavy atom. The largest absolute Gasteiger partial charge is 0.198 e. The number of rotatable bonds is 2. The van der Waals surface area contributed by atoms with Crippen LogP contribution >= 0.6 is 27.5 Å². The van der Waals surface area contributed by atoms with Crippen molar-refractivity contribution in [3.05, 3.63) is 33.3 Å². The monoisotopic (exact) mass is 325 g/mol. The Balaban J connectivity index is 2.18. The molecule has 0 bridgehead atoms. The van der Waals surface area contributed by atoms with Crippen LogP contribution in [0.4, 0.5) is 0 Å². The van der Waals surface area contributed by atoms with Crippen molar-refractivity contribution in [3.63, 3.8) is 0 Å². The molecule has 18 heavy (non-hydrogen) atoms. The maximum atomic E-state index is 9.53. The second kappa shape index (κ2) is 5.63. The molecule has 1 fully saturated rings. The van der Waals surface area contributed by atoms with Gasteiger partial charge >= 0.3 is 0 Å². The molecular weight excluding hydrogens is 310 g/mol. The molecule has 3 heteroatoms. The van der Waals surface area contributed by atoms with E-state index in [2.05, 4.69) is 28.9 Å². The van der Waals surface area contributed by atoms with Crippen LogP contribution in [-0.2, 0) is 6.42 Å². The number of nitrogens with zero attached hydrogens (tertiary/aromatic N) is 1. The van der Waals surface area contributed by atoms with E-state index in [0.29, 0.717) is 0 Å². The summed E-state index contributed by atoms with van der Waals surface area (Å²) in [4.78, 5) is 0. The van der Waals surface area contributed by atoms with E-state index >= 15 is 0 Å². The van der Waals surface area contributed by atoms with Crippen LogP contribution in [0.3, 0.4) is 0 Å². The topological polar surface area (TPSA) is 23.8 Å². The molecule has 1 saturated carbocycles. The van der Waals surface area contributed by atoms with E-state index < -0.39 is 0 Å². The molecule has 0 saturated heterocycles. The zero-order valence-electron chi connectivity index (χ0n) is 10.5. The molecule has 0 atom stereocenters. The van der Waals surface area contributed by atoms with Gasteiger partial charge in [-0.3, -0.25) is 0 Å². The van der Waals surface area contributed by atoms with Crippen molar-refractivity contribution in [3.8, 4) is 6.07 Å². The van der Waals surface area contributed by atoms with Gasteiger partial charge in [-0.1, -0.05) is 40.5 Å². The Kier molecular flexibility index (Phi) is 4.35. The molecule has 0 amide bonds. The molecule has 1 aliphatic rings. The average molecular weight is 327 g/mol. The van der Waals surface area contributed by atoms with Gasteiger partial charge < -0.3 is 0 Å². The van der Waals surface area contributed by atoms with E-state index in [1.54, 1.807) is 0 Å². The molecular formula is C15H17BrClN. The van der Waals surface area contributed by atoms with Gasteiger partial charge in [0.15, 0.2) is 0 Å². The highest BCUT2D eigenvalue weighted by Gasteiger charge is 2.34. The highest BCUT2D eigenvalue weighted by atomic mass is 79.9. The lowest BCUT2D eigenvalue weighted by Crippen LogP contribution is -2.27. The van der Waals surface area contributed by atoms with E-state index in [9.17, 15) is 5.26 Å². The summed E-state index contributed by atoms with van der Waals surface area (Å²) in [5.74, 6) is 0.756. The van der Waals surface area contributed by atoms with Crippen molar-refractivity contribution in [2.45, 2.75) is 39.0 Å². The molecule has 1 aliphatic carbocycles. The van der Waals surface area contributed by atoms with Crippen molar-refractivity contribution in [2.75, 3.05) is 0 Å². The number of hydrogen-bond donors (Lipinski definition) is 0. The molecule has 0 N–H and O–H groups in total. The Bertz CT molecular complexity index is 470. The van der Waals surface area contributed by atoms with Crippen LogP contribution in [0.2, 0.25) is 5.02 Å². The number of hydrogen-bond acceptors (Lipinski definition) is 1. The van der Waals surface area contributed by atoms with E-state index in [1.165, 1.54) is 0 Å². The second-order valence-corrected chi connectivity index (χ2v) is 6.81. The van der Waals surface area contributed by atoms with Crippen LogP contribution in [0.1, 0.15) is 38.2 Å². The van der Waals surface area contributed by atoms with Crippen molar-refractivity contribution in [1.29, 1.82) is 5.26 Å². The molecule has 1 aromatic carbocycles. The Labute approximate surface area is 122 Å². The zero-order valence-corrected chi connectivity index (χ0v) is 12.9. The maximum absolute atomic E-state index is 9.53. The Morgan fingerprint density at radius 1 is 1.44 bits per heavy atom. The first-order valence-electron chi connectivity index (χ1n) is 6.40. The Hall–Kier alpha value is -0.520. The van der Waals surface area contributed by atoms with E-state index in [1.807, 2.05) is 18.2 Å². The van der Waals surface area contributed by atoms with Crippen molar-refractivity contribution >= 4 is 27.5 Å². The summed E-state index contributed by atoms with van der Waals surface area (Å²) in [5, 5.41) is 10.3. The normalized spacial score (nSPS) is 27.8. The molecule has 1 nitrogen and oxygen atoms in total. The summed E-state index contributed by atoms with van der Waals surface area (Å²) in [6.07, 6.45) is 5.08. The number of halogens is 2. The molecule has 0 unspecified atom stereocenters. The second-order valence-electron chi connectivity index (χ2n) is 5.49. The van der Waals surface area contributed by atoms with Gasteiger partial charge in [-0.05, 0) is 55.7 Å². The lowest BCUT2D eigenvalue weighted by Gasteiger charge is -2.34. The van der Waals surface area contributed by atoms with Crippen LogP contribution in [0.5, 0.6) is 0 Å². The SMILES string of the molecule is CC1CCC(C#N)(Cc2ccc(Br)cc2Cl)CC1. The van der Waals surface area contributed by atoms with Gasteiger partial charge in [0.25, 0.3) is 0 Å². The number of nitriles is 1. The lowest BCUT2D eigenvalue weighted by atomic mass is 9.69. The summed E-state index contributed by atoms with van der Waals surface area (Å²) in [6.45, 7) is 2.27. The molecule has 1 aromatic rings. The number of benzene rings is 1. The molecule has 2 rings (SSSR count). The van der Waals surface area contributed by atoms with Crippen LogP contribution in [0.15, 0.2) is 22.7 Å². The highest BCUT2D eigenvalue weighted by Crippen LogP contribution is 2.42. The fourth-order valence-corrected chi connectivity index (χ4v) is 3.41. The minimum absolute atomic E-state index is 0.204. The van der Waals surface area contributed by atoms with Crippen molar-refractivity contribution in [2.24, 2.45) is 11.3 Å². The highest BCUT2D eigenvalue weighted by molar-refractivity contribution is 9.10. The van der Waals surface area contributed by atoms with Gasteiger partial charge in [-0.15, -0.1) is 0 Å². The van der Waals surface area contributed by atoms with Gasteiger partial charge in [0.1, 0.15) is 0 Å². The summed E-state index contributed by atoms with van der Waals surface area (Å²) in [5.41, 5.74) is 0.889. The third kappa shape index (κ3) is 3.08. The van der Waals surface area contributed by atoms with Crippen LogP contribution in [-0.4, -0.2) is 0 Å². The predicted molar refractivity (Wildman–Crippen MR) is 78.5 cm³/mol. The summed E-state index contributed by atoms with van der Waals surface area (Å²) >= 11 is 9.67. The third-order valence-electron chi connectivity index (χ3n) is 4.01.